The fraction of sp³-hybridized carbons (Fsp3) is 0. The molecule has 2 rings (SSSR count). The van der Waals surface area contributed by atoms with Gasteiger partial charge < -0.3 is 5.73 Å². The van der Waals surface area contributed by atoms with Crippen molar-refractivity contribution in [1.82, 2.24) is 4.98 Å². The molecule has 1 aromatic heterocycles. The average Bonchev–Trinajstić information content (AvgIpc) is 2.39. The number of nitrogens with two attached hydrogens (primary N) is 2. The Morgan fingerprint density at radius 2 is 1.83 bits per heavy atom. The summed E-state index contributed by atoms with van der Waals surface area (Å²) >= 11 is 0. The first-order chi connectivity index (χ1) is 8.53. The molecular formula is C11H12N4O2S. The van der Waals surface area contributed by atoms with E-state index in [0.29, 0.717) is 4.41 Å². The molecule has 4 N–H and O–H groups in total. The molecular weight excluding hydrogens is 252 g/mol. The van der Waals surface area contributed by atoms with Gasteiger partial charge >= 0.3 is 0 Å². The summed E-state index contributed by atoms with van der Waals surface area (Å²) in [4.78, 5) is 3.77. The van der Waals surface area contributed by atoms with Gasteiger partial charge in [-0.15, -0.1) is 0 Å². The topological polar surface area (TPSA) is 102 Å². The molecule has 0 aliphatic heterocycles. The van der Waals surface area contributed by atoms with Crippen LogP contribution in [0.4, 0.5) is 11.4 Å². The number of para-hydroxylation sites is 2. The summed E-state index contributed by atoms with van der Waals surface area (Å²) in [6, 6.07) is 9.40. The molecule has 6 nitrogen and oxygen atoms in total. The Balaban J connectivity index is 2.47. The minimum atomic E-state index is -3.85. The molecule has 0 saturated heterocycles. The van der Waals surface area contributed by atoms with Crippen molar-refractivity contribution in [2.45, 2.75) is 4.90 Å². The van der Waals surface area contributed by atoms with Gasteiger partial charge in [0.05, 0.1) is 11.4 Å². The molecule has 0 aliphatic rings. The standard InChI is InChI=1S/C11H12N4O2S/c12-10-5-1-2-6-11(10)15(13)18(16,17)9-4-3-7-14-8-9/h1-8H,12-13H2. The van der Waals surface area contributed by atoms with E-state index in [9.17, 15) is 8.42 Å². The van der Waals surface area contributed by atoms with Crippen molar-refractivity contribution in [3.63, 3.8) is 0 Å². The summed E-state index contributed by atoms with van der Waals surface area (Å²) in [5.74, 6) is 5.64. The first-order valence-corrected chi connectivity index (χ1v) is 6.52. The largest absolute Gasteiger partial charge is 0.397 e. The third-order valence-corrected chi connectivity index (χ3v) is 3.92. The van der Waals surface area contributed by atoms with Crippen molar-refractivity contribution in [3.8, 4) is 0 Å². The Bertz CT molecular complexity index is 643. The Kier molecular flexibility index (Phi) is 3.17. The number of hydrazine groups is 1. The molecule has 0 saturated carbocycles. The predicted molar refractivity (Wildman–Crippen MR) is 68.9 cm³/mol. The van der Waals surface area contributed by atoms with E-state index >= 15 is 0 Å². The minimum absolute atomic E-state index is 0.00996. The highest BCUT2D eigenvalue weighted by Crippen LogP contribution is 2.25. The maximum atomic E-state index is 12.2. The van der Waals surface area contributed by atoms with Crippen LogP contribution in [0.25, 0.3) is 0 Å². The Morgan fingerprint density at radius 3 is 2.44 bits per heavy atom. The molecule has 0 amide bonds. The molecule has 18 heavy (non-hydrogen) atoms. The molecule has 0 unspecified atom stereocenters. The number of aromatic nitrogens is 1. The lowest BCUT2D eigenvalue weighted by atomic mass is 10.3. The number of hydrogen-bond donors (Lipinski definition) is 2. The van der Waals surface area contributed by atoms with Crippen LogP contribution in [0.1, 0.15) is 0 Å². The van der Waals surface area contributed by atoms with Crippen LogP contribution in [0.2, 0.25) is 0 Å². The van der Waals surface area contributed by atoms with Gasteiger partial charge in [0.1, 0.15) is 4.90 Å². The van der Waals surface area contributed by atoms with Gasteiger partial charge in [-0.3, -0.25) is 4.98 Å². The van der Waals surface area contributed by atoms with Crippen molar-refractivity contribution in [3.05, 3.63) is 48.8 Å². The molecule has 0 atom stereocenters. The molecule has 0 aliphatic carbocycles. The zero-order valence-electron chi connectivity index (χ0n) is 9.39. The van der Waals surface area contributed by atoms with E-state index in [1.807, 2.05) is 0 Å². The number of rotatable bonds is 3. The minimum Gasteiger partial charge on any atom is -0.397 e. The van der Waals surface area contributed by atoms with Crippen molar-refractivity contribution >= 4 is 21.4 Å². The van der Waals surface area contributed by atoms with Crippen LogP contribution in [0.3, 0.4) is 0 Å². The molecule has 1 aromatic carbocycles. The first kappa shape index (κ1) is 12.3. The van der Waals surface area contributed by atoms with Gasteiger partial charge in [0.2, 0.25) is 0 Å². The highest BCUT2D eigenvalue weighted by molar-refractivity contribution is 7.92. The third kappa shape index (κ3) is 2.13. The van der Waals surface area contributed by atoms with Crippen LogP contribution < -0.4 is 16.0 Å². The van der Waals surface area contributed by atoms with Crippen LogP contribution >= 0.6 is 0 Å². The predicted octanol–water partition coefficient (Wildman–Crippen LogP) is 0.733. The smallest absolute Gasteiger partial charge is 0.279 e. The second kappa shape index (κ2) is 4.63. The van der Waals surface area contributed by atoms with Gasteiger partial charge in [-0.1, -0.05) is 12.1 Å². The van der Waals surface area contributed by atoms with Gasteiger partial charge in [-0.2, -0.15) is 12.8 Å². The van der Waals surface area contributed by atoms with Gasteiger partial charge in [0.15, 0.2) is 0 Å². The number of nitrogen functional groups attached to an aromatic ring is 1. The number of benzene rings is 1. The van der Waals surface area contributed by atoms with Crippen molar-refractivity contribution in [2.24, 2.45) is 5.84 Å². The molecule has 7 heteroatoms. The second-order valence-electron chi connectivity index (χ2n) is 3.55. The van der Waals surface area contributed by atoms with E-state index in [4.69, 9.17) is 11.6 Å². The molecule has 0 bridgehead atoms. The summed E-state index contributed by atoms with van der Waals surface area (Å²) in [6.45, 7) is 0. The molecule has 1 heterocycles. The van der Waals surface area contributed by atoms with Gasteiger partial charge in [-0.25, -0.2) is 5.84 Å². The van der Waals surface area contributed by atoms with Crippen LogP contribution in [0, 0.1) is 0 Å². The van der Waals surface area contributed by atoms with Crippen LogP contribution in [0.15, 0.2) is 53.7 Å². The van der Waals surface area contributed by atoms with E-state index in [1.165, 1.54) is 30.6 Å². The maximum absolute atomic E-state index is 12.2. The van der Waals surface area contributed by atoms with Crippen molar-refractivity contribution in [1.29, 1.82) is 0 Å². The average molecular weight is 264 g/mol. The Hall–Kier alpha value is -2.12. The Labute approximate surface area is 105 Å². The van der Waals surface area contributed by atoms with Crippen molar-refractivity contribution < 1.29 is 8.42 Å². The lowest BCUT2D eigenvalue weighted by molar-refractivity contribution is 0.591. The normalized spacial score (nSPS) is 11.2. The number of anilines is 2. The number of sulfonamides is 1. The zero-order valence-corrected chi connectivity index (χ0v) is 10.2. The highest BCUT2D eigenvalue weighted by Gasteiger charge is 2.23. The lowest BCUT2D eigenvalue weighted by Gasteiger charge is -2.19. The third-order valence-electron chi connectivity index (χ3n) is 2.37. The van der Waals surface area contributed by atoms with E-state index in [1.54, 1.807) is 18.2 Å². The number of hydrogen-bond acceptors (Lipinski definition) is 5. The summed E-state index contributed by atoms with van der Waals surface area (Å²) in [6.07, 6.45) is 2.71. The highest BCUT2D eigenvalue weighted by atomic mass is 32.2. The molecule has 0 spiro atoms. The van der Waals surface area contributed by atoms with Gasteiger partial charge in [-0.05, 0) is 24.3 Å². The van der Waals surface area contributed by atoms with E-state index in [0.717, 1.165) is 0 Å². The van der Waals surface area contributed by atoms with E-state index < -0.39 is 10.0 Å². The van der Waals surface area contributed by atoms with Crippen LogP contribution in [-0.4, -0.2) is 13.4 Å². The summed E-state index contributed by atoms with van der Waals surface area (Å²) < 4.78 is 25.0. The van der Waals surface area contributed by atoms with E-state index in [2.05, 4.69) is 4.98 Å². The summed E-state index contributed by atoms with van der Waals surface area (Å²) in [5.41, 5.74) is 6.20. The van der Waals surface area contributed by atoms with E-state index in [-0.39, 0.29) is 16.3 Å². The van der Waals surface area contributed by atoms with Crippen LogP contribution in [-0.2, 0) is 10.0 Å². The monoisotopic (exact) mass is 264 g/mol. The quantitative estimate of drug-likeness (QED) is 0.483. The molecule has 2 aromatic rings. The number of nitrogens with zero attached hydrogens (tertiary/aromatic N) is 2. The summed E-state index contributed by atoms with van der Waals surface area (Å²) in [7, 11) is -3.85. The molecule has 94 valence electrons. The Morgan fingerprint density at radius 1 is 1.11 bits per heavy atom. The summed E-state index contributed by atoms with van der Waals surface area (Å²) in [5, 5.41) is 0. The molecule has 0 fully saturated rings. The first-order valence-electron chi connectivity index (χ1n) is 5.08. The fourth-order valence-electron chi connectivity index (χ4n) is 1.43. The van der Waals surface area contributed by atoms with Gasteiger partial charge in [0, 0.05) is 12.4 Å². The SMILES string of the molecule is Nc1ccccc1N(N)S(=O)(=O)c1cccnc1. The number of pyridine rings is 1. The fourth-order valence-corrected chi connectivity index (χ4v) is 2.53. The van der Waals surface area contributed by atoms with Crippen molar-refractivity contribution in [2.75, 3.05) is 10.1 Å². The second-order valence-corrected chi connectivity index (χ2v) is 5.36. The van der Waals surface area contributed by atoms with Crippen LogP contribution in [0.5, 0.6) is 0 Å². The lowest BCUT2D eigenvalue weighted by Crippen LogP contribution is -2.37. The maximum Gasteiger partial charge on any atom is 0.279 e. The molecule has 0 radical (unpaired) electrons. The van der Waals surface area contributed by atoms with Gasteiger partial charge in [0.25, 0.3) is 10.0 Å². The zero-order chi connectivity index (χ0) is 13.2.